The van der Waals surface area contributed by atoms with E-state index in [1.54, 1.807) is 11.1 Å². The Balaban J connectivity index is 2.41. The van der Waals surface area contributed by atoms with Gasteiger partial charge in [0, 0.05) is 25.8 Å². The molecule has 0 unspecified atom stereocenters. The molecule has 0 aromatic carbocycles. The molecule has 0 saturated carbocycles. The Morgan fingerprint density at radius 1 is 1.33 bits per heavy atom. The maximum absolute atomic E-state index is 12.0. The molecule has 0 bridgehead atoms. The van der Waals surface area contributed by atoms with E-state index in [-0.39, 0.29) is 11.5 Å². The minimum Gasteiger partial charge on any atom is -0.390 e. The highest BCUT2D eigenvalue weighted by molar-refractivity contribution is 5.97. The van der Waals surface area contributed by atoms with Crippen LogP contribution in [0.1, 0.15) is 45.4 Å². The van der Waals surface area contributed by atoms with Crippen molar-refractivity contribution in [2.24, 2.45) is 0 Å². The average molecular weight is 249 g/mol. The Kier molecular flexibility index (Phi) is 6.93. The van der Waals surface area contributed by atoms with Crippen LogP contribution < -0.4 is 5.32 Å². The Morgan fingerprint density at radius 2 is 2.06 bits per heavy atom. The van der Waals surface area contributed by atoms with Crippen molar-refractivity contribution >= 4 is 5.91 Å². The molecule has 1 aliphatic heterocycles. The Hall–Kier alpha value is -1.50. The summed E-state index contributed by atoms with van der Waals surface area (Å²) in [5.41, 5.74) is 0.230. The summed E-state index contributed by atoms with van der Waals surface area (Å²) in [5.74, 6) is -0.125. The van der Waals surface area contributed by atoms with E-state index in [2.05, 4.69) is 12.2 Å². The van der Waals surface area contributed by atoms with E-state index in [4.69, 9.17) is 5.26 Å². The first-order valence-corrected chi connectivity index (χ1v) is 6.92. The van der Waals surface area contributed by atoms with E-state index in [0.29, 0.717) is 0 Å². The highest BCUT2D eigenvalue weighted by Crippen LogP contribution is 2.11. The van der Waals surface area contributed by atoms with Gasteiger partial charge in [-0.1, -0.05) is 19.8 Å². The van der Waals surface area contributed by atoms with Crippen LogP contribution in [-0.4, -0.2) is 30.4 Å². The van der Waals surface area contributed by atoms with Gasteiger partial charge in [-0.15, -0.1) is 0 Å². The molecule has 1 rings (SSSR count). The lowest BCUT2D eigenvalue weighted by Gasteiger charge is -2.26. The van der Waals surface area contributed by atoms with Gasteiger partial charge < -0.3 is 10.2 Å². The molecule has 0 aromatic rings. The number of nitrogens with one attached hydrogen (secondary N) is 1. The number of unbranched alkanes of at least 4 members (excludes halogenated alkanes) is 2. The summed E-state index contributed by atoms with van der Waals surface area (Å²) in [7, 11) is 0. The lowest BCUT2D eigenvalue weighted by atomic mass is 10.1. The van der Waals surface area contributed by atoms with Crippen molar-refractivity contribution in [3.05, 3.63) is 11.8 Å². The quantitative estimate of drug-likeness (QED) is 0.446. The highest BCUT2D eigenvalue weighted by Gasteiger charge is 2.19. The maximum Gasteiger partial charge on any atom is 0.265 e. The highest BCUT2D eigenvalue weighted by atomic mass is 16.2. The third kappa shape index (κ3) is 4.79. The second kappa shape index (κ2) is 8.57. The molecule has 0 aromatic heterocycles. The van der Waals surface area contributed by atoms with Gasteiger partial charge in [-0.25, -0.2) is 0 Å². The zero-order valence-electron chi connectivity index (χ0n) is 11.2. The van der Waals surface area contributed by atoms with Crippen molar-refractivity contribution in [2.75, 3.05) is 19.6 Å². The topological polar surface area (TPSA) is 56.1 Å². The lowest BCUT2D eigenvalue weighted by molar-refractivity contribution is -0.127. The fourth-order valence-electron chi connectivity index (χ4n) is 2.06. The van der Waals surface area contributed by atoms with E-state index in [0.717, 1.165) is 38.9 Å². The van der Waals surface area contributed by atoms with Crippen LogP contribution in [0.5, 0.6) is 0 Å². The van der Waals surface area contributed by atoms with E-state index in [9.17, 15) is 4.79 Å². The van der Waals surface area contributed by atoms with Crippen LogP contribution in [-0.2, 0) is 4.79 Å². The van der Waals surface area contributed by atoms with Gasteiger partial charge in [0.2, 0.25) is 0 Å². The molecule has 4 nitrogen and oxygen atoms in total. The molecule has 1 N–H and O–H groups in total. The van der Waals surface area contributed by atoms with Gasteiger partial charge in [-0.3, -0.25) is 4.79 Å². The number of hydrogen-bond acceptors (Lipinski definition) is 3. The molecule has 4 heteroatoms. The molecule has 0 spiro atoms. The summed E-state index contributed by atoms with van der Waals surface area (Å²) in [6.07, 6.45) is 8.27. The van der Waals surface area contributed by atoms with Crippen molar-refractivity contribution in [3.63, 3.8) is 0 Å². The molecule has 1 fully saturated rings. The summed E-state index contributed by atoms with van der Waals surface area (Å²) in [6, 6.07) is 2.00. The van der Waals surface area contributed by atoms with Crippen molar-refractivity contribution < 1.29 is 4.79 Å². The summed E-state index contributed by atoms with van der Waals surface area (Å²) in [5, 5.41) is 12.1. The Morgan fingerprint density at radius 3 is 2.67 bits per heavy atom. The number of nitrogens with zero attached hydrogens (tertiary/aromatic N) is 2. The van der Waals surface area contributed by atoms with Gasteiger partial charge in [0.1, 0.15) is 11.6 Å². The average Bonchev–Trinajstić information content (AvgIpc) is 2.43. The predicted octanol–water partition coefficient (Wildman–Crippen LogP) is 2.19. The number of carbonyl (C=O) groups excluding carboxylic acids is 1. The second-order valence-electron chi connectivity index (χ2n) is 4.68. The standard InChI is InChI=1S/C14H23N3O/c1-2-3-5-8-16-12-13(11-15)14(18)17-9-6-4-7-10-17/h12,16H,2-10H2,1H3/b13-12-. The first-order chi connectivity index (χ1) is 8.79. The van der Waals surface area contributed by atoms with Crippen molar-refractivity contribution in [1.29, 1.82) is 5.26 Å². The smallest absolute Gasteiger partial charge is 0.265 e. The molecular formula is C14H23N3O. The molecule has 1 heterocycles. The fraction of sp³-hybridized carbons (Fsp3) is 0.714. The van der Waals surface area contributed by atoms with Gasteiger partial charge in [0.15, 0.2) is 0 Å². The lowest BCUT2D eigenvalue weighted by Crippen LogP contribution is -2.36. The van der Waals surface area contributed by atoms with Crippen LogP contribution in [0.15, 0.2) is 11.8 Å². The van der Waals surface area contributed by atoms with Gasteiger partial charge in [-0.2, -0.15) is 5.26 Å². The minimum absolute atomic E-state index is 0.125. The van der Waals surface area contributed by atoms with Crippen molar-refractivity contribution in [1.82, 2.24) is 10.2 Å². The molecule has 100 valence electrons. The number of piperidine rings is 1. The zero-order chi connectivity index (χ0) is 13.2. The van der Waals surface area contributed by atoms with Gasteiger partial charge >= 0.3 is 0 Å². The van der Waals surface area contributed by atoms with Crippen molar-refractivity contribution in [3.8, 4) is 6.07 Å². The zero-order valence-corrected chi connectivity index (χ0v) is 11.2. The number of likely N-dealkylation sites (tertiary alicyclic amines) is 1. The van der Waals surface area contributed by atoms with Crippen molar-refractivity contribution in [2.45, 2.75) is 45.4 Å². The van der Waals surface area contributed by atoms with E-state index in [1.165, 1.54) is 19.3 Å². The fourth-order valence-corrected chi connectivity index (χ4v) is 2.06. The summed E-state index contributed by atoms with van der Waals surface area (Å²) in [4.78, 5) is 13.8. The number of rotatable bonds is 6. The molecule has 1 aliphatic rings. The summed E-state index contributed by atoms with van der Waals surface area (Å²) < 4.78 is 0. The predicted molar refractivity (Wildman–Crippen MR) is 71.7 cm³/mol. The Labute approximate surface area is 110 Å². The second-order valence-corrected chi connectivity index (χ2v) is 4.68. The van der Waals surface area contributed by atoms with Crippen LogP contribution >= 0.6 is 0 Å². The molecule has 1 amide bonds. The molecule has 1 saturated heterocycles. The summed E-state index contributed by atoms with van der Waals surface area (Å²) in [6.45, 7) is 4.55. The SMILES string of the molecule is CCCCCN/C=C(/C#N)C(=O)N1CCCCC1. The molecular weight excluding hydrogens is 226 g/mol. The van der Waals surface area contributed by atoms with Crippen LogP contribution in [0, 0.1) is 11.3 Å². The van der Waals surface area contributed by atoms with Crippen LogP contribution in [0.3, 0.4) is 0 Å². The molecule has 18 heavy (non-hydrogen) atoms. The van der Waals surface area contributed by atoms with Crippen LogP contribution in [0.4, 0.5) is 0 Å². The van der Waals surface area contributed by atoms with Crippen LogP contribution in [0.25, 0.3) is 0 Å². The number of nitriles is 1. The molecule has 0 atom stereocenters. The third-order valence-corrected chi connectivity index (χ3v) is 3.17. The normalized spacial score (nSPS) is 16.2. The van der Waals surface area contributed by atoms with Gasteiger partial charge in [0.05, 0.1) is 0 Å². The van der Waals surface area contributed by atoms with E-state index >= 15 is 0 Å². The number of carbonyl (C=O) groups is 1. The van der Waals surface area contributed by atoms with Crippen LogP contribution in [0.2, 0.25) is 0 Å². The Bertz CT molecular complexity index is 324. The monoisotopic (exact) mass is 249 g/mol. The third-order valence-electron chi connectivity index (χ3n) is 3.17. The first-order valence-electron chi connectivity index (χ1n) is 6.92. The maximum atomic E-state index is 12.0. The van der Waals surface area contributed by atoms with E-state index in [1.807, 2.05) is 6.07 Å². The number of amides is 1. The van der Waals surface area contributed by atoms with Gasteiger partial charge in [-0.05, 0) is 25.7 Å². The largest absolute Gasteiger partial charge is 0.390 e. The molecule has 0 radical (unpaired) electrons. The van der Waals surface area contributed by atoms with E-state index < -0.39 is 0 Å². The molecule has 0 aliphatic carbocycles. The van der Waals surface area contributed by atoms with Gasteiger partial charge in [0.25, 0.3) is 5.91 Å². The minimum atomic E-state index is -0.125. The summed E-state index contributed by atoms with van der Waals surface area (Å²) >= 11 is 0. The number of hydrogen-bond donors (Lipinski definition) is 1. The first kappa shape index (κ1) is 14.6.